The Labute approximate surface area is 137 Å². The molecule has 0 aliphatic heterocycles. The number of carbonyl (C=O) groups excluding carboxylic acids is 1. The molecule has 8 heteroatoms. The summed E-state index contributed by atoms with van der Waals surface area (Å²) in [4.78, 5) is 39.2. The second-order valence-electron chi connectivity index (χ2n) is 5.04. The molecule has 8 nitrogen and oxygen atoms in total. The fourth-order valence-electron chi connectivity index (χ4n) is 2.26. The van der Waals surface area contributed by atoms with E-state index in [1.165, 1.54) is 20.1 Å². The van der Waals surface area contributed by atoms with E-state index >= 15 is 0 Å². The molecule has 0 saturated heterocycles. The first kappa shape index (κ1) is 17.2. The van der Waals surface area contributed by atoms with Crippen LogP contribution in [0.1, 0.15) is 18.9 Å². The van der Waals surface area contributed by atoms with Gasteiger partial charge in [-0.15, -0.1) is 0 Å². The molecular formula is C16H16N2O6. The second-order valence-corrected chi connectivity index (χ2v) is 5.04. The van der Waals surface area contributed by atoms with Crippen LogP contribution in [0.4, 0.5) is 0 Å². The number of nitrogens with zero attached hydrogens (tertiary/aromatic N) is 1. The first-order valence-corrected chi connectivity index (χ1v) is 7.07. The number of carboxylic acids is 2. The molecule has 24 heavy (non-hydrogen) atoms. The van der Waals surface area contributed by atoms with Crippen LogP contribution in [-0.2, 0) is 19.9 Å². The molecule has 1 aromatic heterocycles. The van der Waals surface area contributed by atoms with E-state index in [0.717, 1.165) is 6.20 Å². The van der Waals surface area contributed by atoms with E-state index in [4.69, 9.17) is 4.74 Å². The summed E-state index contributed by atoms with van der Waals surface area (Å²) in [6, 6.07) is 6.30. The summed E-state index contributed by atoms with van der Waals surface area (Å²) in [6.07, 6.45) is 1.07. The number of nitrogens with one attached hydrogen (secondary N) is 1. The molecule has 0 atom stereocenters. The molecule has 0 aliphatic carbocycles. The number of hydrogen-bond acceptors (Lipinski definition) is 5. The van der Waals surface area contributed by atoms with Gasteiger partial charge in [0.1, 0.15) is 5.75 Å². The molecule has 126 valence electrons. The minimum atomic E-state index is -2.61. The lowest BCUT2D eigenvalue weighted by Crippen LogP contribution is -2.57. The maximum absolute atomic E-state index is 11.7. The van der Waals surface area contributed by atoms with Crippen molar-refractivity contribution in [3.05, 3.63) is 36.0 Å². The highest BCUT2D eigenvalue weighted by Gasteiger charge is 2.50. The van der Waals surface area contributed by atoms with E-state index in [1.54, 1.807) is 18.2 Å². The van der Waals surface area contributed by atoms with Crippen LogP contribution < -0.4 is 10.1 Å². The normalized spacial score (nSPS) is 11.1. The van der Waals surface area contributed by atoms with Gasteiger partial charge in [-0.3, -0.25) is 9.78 Å². The van der Waals surface area contributed by atoms with E-state index in [-0.39, 0.29) is 12.0 Å². The van der Waals surface area contributed by atoms with Crippen LogP contribution in [0.2, 0.25) is 0 Å². The van der Waals surface area contributed by atoms with Gasteiger partial charge >= 0.3 is 11.9 Å². The molecule has 0 aliphatic rings. The van der Waals surface area contributed by atoms with Crippen molar-refractivity contribution in [1.82, 2.24) is 10.3 Å². The minimum absolute atomic E-state index is 0.0584. The largest absolute Gasteiger partial charge is 0.497 e. The Morgan fingerprint density at radius 2 is 1.88 bits per heavy atom. The van der Waals surface area contributed by atoms with Crippen molar-refractivity contribution in [2.75, 3.05) is 7.11 Å². The Hall–Kier alpha value is -3.16. The fourth-order valence-corrected chi connectivity index (χ4v) is 2.26. The lowest BCUT2D eigenvalue weighted by molar-refractivity contribution is -0.162. The van der Waals surface area contributed by atoms with Gasteiger partial charge in [0, 0.05) is 23.6 Å². The predicted octanol–water partition coefficient (Wildman–Crippen LogP) is 1.13. The van der Waals surface area contributed by atoms with Crippen LogP contribution in [0.25, 0.3) is 10.9 Å². The SMILES string of the molecule is CCC(=O)NC(C(=O)O)(C(=O)O)c1cnc2ccc(OC)cc2c1. The highest BCUT2D eigenvalue weighted by Crippen LogP contribution is 2.27. The van der Waals surface area contributed by atoms with E-state index in [0.29, 0.717) is 16.7 Å². The molecular weight excluding hydrogens is 316 g/mol. The predicted molar refractivity (Wildman–Crippen MR) is 83.7 cm³/mol. The molecule has 0 saturated carbocycles. The molecule has 1 amide bonds. The van der Waals surface area contributed by atoms with Gasteiger partial charge in [-0.1, -0.05) is 6.92 Å². The zero-order valence-corrected chi connectivity index (χ0v) is 13.1. The Morgan fingerprint density at radius 3 is 2.42 bits per heavy atom. The quantitative estimate of drug-likeness (QED) is 0.677. The van der Waals surface area contributed by atoms with Gasteiger partial charge in [-0.2, -0.15) is 0 Å². The Bertz CT molecular complexity index is 803. The van der Waals surface area contributed by atoms with Crippen LogP contribution >= 0.6 is 0 Å². The first-order chi connectivity index (χ1) is 11.3. The number of pyridine rings is 1. The van der Waals surface area contributed by atoms with Crippen molar-refractivity contribution in [1.29, 1.82) is 0 Å². The van der Waals surface area contributed by atoms with Gasteiger partial charge in [-0.25, -0.2) is 9.59 Å². The van der Waals surface area contributed by atoms with Crippen LogP contribution in [0.3, 0.4) is 0 Å². The maximum Gasteiger partial charge on any atom is 0.346 e. The van der Waals surface area contributed by atoms with E-state index in [1.807, 2.05) is 0 Å². The molecule has 0 bridgehead atoms. The lowest BCUT2D eigenvalue weighted by atomic mass is 9.90. The summed E-state index contributed by atoms with van der Waals surface area (Å²) in [5.74, 6) is -3.61. The van der Waals surface area contributed by atoms with Crippen molar-refractivity contribution in [3.8, 4) is 5.75 Å². The van der Waals surface area contributed by atoms with E-state index in [9.17, 15) is 24.6 Å². The van der Waals surface area contributed by atoms with E-state index < -0.39 is 23.4 Å². The van der Waals surface area contributed by atoms with Crippen LogP contribution in [0, 0.1) is 0 Å². The standard InChI is InChI=1S/C16H16N2O6/c1-3-13(19)18-16(14(20)21,15(22)23)10-6-9-7-11(24-2)4-5-12(9)17-8-10/h4-8H,3H2,1-2H3,(H,18,19)(H,20,21)(H,22,23). The monoisotopic (exact) mass is 332 g/mol. The van der Waals surface area contributed by atoms with Gasteiger partial charge in [0.05, 0.1) is 12.6 Å². The third kappa shape index (κ3) is 2.85. The Morgan fingerprint density at radius 1 is 1.21 bits per heavy atom. The molecule has 0 radical (unpaired) electrons. The number of fused-ring (bicyclic) bond motifs is 1. The molecule has 0 fully saturated rings. The zero-order valence-electron chi connectivity index (χ0n) is 13.1. The number of methoxy groups -OCH3 is 1. The average Bonchev–Trinajstić information content (AvgIpc) is 2.57. The second kappa shape index (κ2) is 6.53. The zero-order chi connectivity index (χ0) is 17.9. The third-order valence-corrected chi connectivity index (χ3v) is 3.61. The first-order valence-electron chi connectivity index (χ1n) is 7.07. The molecule has 2 aromatic rings. The number of hydrogen-bond donors (Lipinski definition) is 3. The van der Waals surface area contributed by atoms with Crippen molar-refractivity contribution in [2.24, 2.45) is 0 Å². The average molecular weight is 332 g/mol. The van der Waals surface area contributed by atoms with Crippen LogP contribution in [0.5, 0.6) is 5.75 Å². The fraction of sp³-hybridized carbons (Fsp3) is 0.250. The summed E-state index contributed by atoms with van der Waals surface area (Å²) in [5, 5.41) is 21.6. The number of rotatable bonds is 6. The van der Waals surface area contributed by atoms with Crippen molar-refractivity contribution in [3.63, 3.8) is 0 Å². The van der Waals surface area contributed by atoms with Crippen LogP contribution in [0.15, 0.2) is 30.5 Å². The van der Waals surface area contributed by atoms with Crippen molar-refractivity contribution in [2.45, 2.75) is 18.9 Å². The summed E-state index contributed by atoms with van der Waals surface area (Å²) >= 11 is 0. The lowest BCUT2D eigenvalue weighted by Gasteiger charge is -2.26. The van der Waals surface area contributed by atoms with E-state index in [2.05, 4.69) is 10.3 Å². The third-order valence-electron chi connectivity index (χ3n) is 3.61. The molecule has 0 spiro atoms. The van der Waals surface area contributed by atoms with Gasteiger partial charge in [-0.05, 0) is 24.3 Å². The number of aliphatic carboxylic acids is 2. The number of amides is 1. The number of carbonyl (C=O) groups is 3. The number of benzene rings is 1. The molecule has 0 unspecified atom stereocenters. The van der Waals surface area contributed by atoms with Crippen molar-refractivity contribution >= 4 is 28.7 Å². The molecule has 3 N–H and O–H groups in total. The van der Waals surface area contributed by atoms with Crippen LogP contribution in [-0.4, -0.2) is 40.2 Å². The topological polar surface area (TPSA) is 126 Å². The summed E-state index contributed by atoms with van der Waals surface area (Å²) < 4.78 is 5.09. The Kier molecular flexibility index (Phi) is 4.68. The molecule has 2 rings (SSSR count). The van der Waals surface area contributed by atoms with Gasteiger partial charge in [0.2, 0.25) is 5.91 Å². The maximum atomic E-state index is 11.7. The number of carboxylic acid groups (broad SMARTS) is 2. The molecule has 1 aromatic carbocycles. The summed E-state index contributed by atoms with van der Waals surface area (Å²) in [5.41, 5.74) is -2.24. The van der Waals surface area contributed by atoms with Gasteiger partial charge < -0.3 is 20.3 Å². The van der Waals surface area contributed by atoms with Crippen molar-refractivity contribution < 1.29 is 29.3 Å². The smallest absolute Gasteiger partial charge is 0.346 e. The van der Waals surface area contributed by atoms with Gasteiger partial charge in [0.25, 0.3) is 5.54 Å². The molecule has 1 heterocycles. The highest BCUT2D eigenvalue weighted by atomic mass is 16.5. The Balaban J connectivity index is 2.68. The highest BCUT2D eigenvalue weighted by molar-refractivity contribution is 6.07. The summed E-state index contributed by atoms with van der Waals surface area (Å²) in [6.45, 7) is 1.49. The minimum Gasteiger partial charge on any atom is -0.497 e. The van der Waals surface area contributed by atoms with Gasteiger partial charge in [0.15, 0.2) is 0 Å². The number of aromatic nitrogens is 1. The number of ether oxygens (including phenoxy) is 1. The summed E-state index contributed by atoms with van der Waals surface area (Å²) in [7, 11) is 1.47.